The monoisotopic (exact) mass is 282 g/mol. The van der Waals surface area contributed by atoms with Gasteiger partial charge in [0.15, 0.2) is 0 Å². The van der Waals surface area contributed by atoms with Gasteiger partial charge in [0.25, 0.3) is 5.69 Å². The number of terminal acetylenes is 1. The van der Waals surface area contributed by atoms with E-state index in [0.29, 0.717) is 12.0 Å². The molecule has 1 atom stereocenters. The fourth-order valence-electron chi connectivity index (χ4n) is 1.43. The van der Waals surface area contributed by atoms with E-state index in [1.807, 2.05) is 0 Å². The van der Waals surface area contributed by atoms with Gasteiger partial charge in [-0.05, 0) is 12.0 Å². The standard InChI is InChI=1S/C12H14N2O4S/c1-3-11(4-2)13-19(17,18)9-10-5-7-12(8-6-10)14(15)16/h1,5-8,11,13H,4,9H2,2H3. The molecule has 19 heavy (non-hydrogen) atoms. The van der Waals surface area contributed by atoms with Gasteiger partial charge in [-0.25, -0.2) is 13.1 Å². The van der Waals surface area contributed by atoms with Crippen molar-refractivity contribution < 1.29 is 13.3 Å². The van der Waals surface area contributed by atoms with Gasteiger partial charge < -0.3 is 0 Å². The molecule has 102 valence electrons. The highest BCUT2D eigenvalue weighted by atomic mass is 32.2. The highest BCUT2D eigenvalue weighted by Crippen LogP contribution is 2.13. The van der Waals surface area contributed by atoms with Crippen LogP contribution < -0.4 is 4.72 Å². The van der Waals surface area contributed by atoms with Crippen molar-refractivity contribution >= 4 is 15.7 Å². The molecule has 1 rings (SSSR count). The maximum atomic E-state index is 11.8. The van der Waals surface area contributed by atoms with Crippen molar-refractivity contribution in [1.82, 2.24) is 4.72 Å². The zero-order chi connectivity index (χ0) is 14.5. The highest BCUT2D eigenvalue weighted by Gasteiger charge is 2.16. The first-order chi connectivity index (χ1) is 8.88. The SMILES string of the molecule is C#CC(CC)NS(=O)(=O)Cc1ccc([N+](=O)[O-])cc1. The maximum Gasteiger partial charge on any atom is 0.269 e. The van der Waals surface area contributed by atoms with E-state index in [-0.39, 0.29) is 11.4 Å². The Kier molecular flexibility index (Phi) is 5.03. The highest BCUT2D eigenvalue weighted by molar-refractivity contribution is 7.88. The predicted molar refractivity (Wildman–Crippen MR) is 71.8 cm³/mol. The second-order valence-electron chi connectivity index (χ2n) is 3.93. The van der Waals surface area contributed by atoms with Crippen molar-refractivity contribution in [2.24, 2.45) is 0 Å². The molecule has 7 heteroatoms. The van der Waals surface area contributed by atoms with Crippen molar-refractivity contribution in [3.8, 4) is 12.3 Å². The van der Waals surface area contributed by atoms with Crippen LogP contribution in [0.1, 0.15) is 18.9 Å². The Balaban J connectivity index is 2.79. The number of nitrogens with one attached hydrogen (secondary N) is 1. The molecular weight excluding hydrogens is 268 g/mol. The lowest BCUT2D eigenvalue weighted by molar-refractivity contribution is -0.384. The van der Waals surface area contributed by atoms with Gasteiger partial charge in [0, 0.05) is 12.1 Å². The van der Waals surface area contributed by atoms with Gasteiger partial charge in [0.05, 0.1) is 16.7 Å². The average molecular weight is 282 g/mol. The normalized spacial score (nSPS) is 12.6. The zero-order valence-corrected chi connectivity index (χ0v) is 11.2. The summed E-state index contributed by atoms with van der Waals surface area (Å²) in [4.78, 5) is 9.93. The van der Waals surface area contributed by atoms with Crippen molar-refractivity contribution in [2.45, 2.75) is 25.1 Å². The summed E-state index contributed by atoms with van der Waals surface area (Å²) in [5.74, 6) is 2.08. The number of nitro groups is 1. The molecule has 0 aromatic heterocycles. The minimum atomic E-state index is -3.55. The summed E-state index contributed by atoms with van der Waals surface area (Å²) in [6.45, 7) is 1.78. The summed E-state index contributed by atoms with van der Waals surface area (Å²) in [5, 5.41) is 10.5. The van der Waals surface area contributed by atoms with E-state index in [1.165, 1.54) is 24.3 Å². The summed E-state index contributed by atoms with van der Waals surface area (Å²) in [6, 6.07) is 4.82. The Labute approximate surface area is 112 Å². The van der Waals surface area contributed by atoms with Gasteiger partial charge >= 0.3 is 0 Å². The van der Waals surface area contributed by atoms with Gasteiger partial charge in [0.1, 0.15) is 0 Å². The molecule has 0 aliphatic rings. The van der Waals surface area contributed by atoms with Crippen LogP contribution in [0.3, 0.4) is 0 Å². The number of non-ortho nitro benzene ring substituents is 1. The average Bonchev–Trinajstić information content (AvgIpc) is 2.36. The Bertz CT molecular complexity index is 587. The van der Waals surface area contributed by atoms with Crippen LogP contribution in [-0.4, -0.2) is 19.4 Å². The van der Waals surface area contributed by atoms with E-state index in [0.717, 1.165) is 0 Å². The summed E-state index contributed by atoms with van der Waals surface area (Å²) in [6.07, 6.45) is 5.68. The van der Waals surface area contributed by atoms with Crippen molar-refractivity contribution in [3.63, 3.8) is 0 Å². The van der Waals surface area contributed by atoms with Crippen molar-refractivity contribution in [3.05, 3.63) is 39.9 Å². The minimum Gasteiger partial charge on any atom is -0.258 e. The first-order valence-corrected chi connectivity index (χ1v) is 7.22. The topological polar surface area (TPSA) is 89.3 Å². The molecule has 0 heterocycles. The van der Waals surface area contributed by atoms with Crippen LogP contribution >= 0.6 is 0 Å². The molecule has 6 nitrogen and oxygen atoms in total. The molecule has 0 aliphatic heterocycles. The third kappa shape index (κ3) is 4.69. The van der Waals surface area contributed by atoms with Crippen LogP contribution in [0.15, 0.2) is 24.3 Å². The fourth-order valence-corrected chi connectivity index (χ4v) is 2.81. The van der Waals surface area contributed by atoms with Gasteiger partial charge in [0.2, 0.25) is 10.0 Å². The Morgan fingerprint density at radius 1 is 1.42 bits per heavy atom. The number of benzene rings is 1. The van der Waals surface area contributed by atoms with E-state index < -0.39 is 21.0 Å². The van der Waals surface area contributed by atoms with E-state index in [4.69, 9.17) is 6.42 Å². The summed E-state index contributed by atoms with van der Waals surface area (Å²) < 4.78 is 26.0. The Morgan fingerprint density at radius 3 is 2.42 bits per heavy atom. The molecule has 1 aromatic rings. The quantitative estimate of drug-likeness (QED) is 0.485. The number of hydrogen-bond acceptors (Lipinski definition) is 4. The molecule has 0 aliphatic carbocycles. The molecule has 0 saturated heterocycles. The summed E-state index contributed by atoms with van der Waals surface area (Å²) in [7, 11) is -3.55. The lowest BCUT2D eigenvalue weighted by Gasteiger charge is -2.11. The van der Waals surface area contributed by atoms with E-state index in [9.17, 15) is 18.5 Å². The van der Waals surface area contributed by atoms with Crippen molar-refractivity contribution in [2.75, 3.05) is 0 Å². The zero-order valence-electron chi connectivity index (χ0n) is 10.4. The summed E-state index contributed by atoms with van der Waals surface area (Å²) in [5.41, 5.74) is 0.383. The van der Waals surface area contributed by atoms with Crippen LogP contribution in [-0.2, 0) is 15.8 Å². The number of rotatable bonds is 6. The molecule has 0 radical (unpaired) electrons. The molecule has 0 spiro atoms. The van der Waals surface area contributed by atoms with E-state index >= 15 is 0 Å². The smallest absolute Gasteiger partial charge is 0.258 e. The number of sulfonamides is 1. The van der Waals surface area contributed by atoms with Crippen LogP contribution in [0.4, 0.5) is 5.69 Å². The molecule has 1 N–H and O–H groups in total. The second-order valence-corrected chi connectivity index (χ2v) is 5.68. The number of hydrogen-bond donors (Lipinski definition) is 1. The predicted octanol–water partition coefficient (Wildman–Crippen LogP) is 1.43. The molecule has 1 unspecified atom stereocenters. The van der Waals surface area contributed by atoms with Crippen molar-refractivity contribution in [1.29, 1.82) is 0 Å². The molecule has 0 bridgehead atoms. The second kappa shape index (κ2) is 6.31. The number of nitro benzene ring substituents is 1. The Hall–Kier alpha value is -1.91. The maximum absolute atomic E-state index is 11.8. The first kappa shape index (κ1) is 15.1. The third-order valence-electron chi connectivity index (χ3n) is 2.44. The Morgan fingerprint density at radius 2 is 2.00 bits per heavy atom. The van der Waals surface area contributed by atoms with E-state index in [2.05, 4.69) is 10.6 Å². The molecule has 0 amide bonds. The first-order valence-electron chi connectivity index (χ1n) is 5.57. The largest absolute Gasteiger partial charge is 0.269 e. The molecule has 1 aromatic carbocycles. The lowest BCUT2D eigenvalue weighted by Crippen LogP contribution is -2.34. The van der Waals surface area contributed by atoms with Crippen LogP contribution in [0.5, 0.6) is 0 Å². The van der Waals surface area contributed by atoms with Crippen LogP contribution in [0.2, 0.25) is 0 Å². The molecular formula is C12H14N2O4S. The minimum absolute atomic E-state index is 0.0795. The number of nitrogens with zero attached hydrogens (tertiary/aromatic N) is 1. The molecule has 0 saturated carbocycles. The van der Waals surface area contributed by atoms with Gasteiger partial charge in [-0.2, -0.15) is 0 Å². The van der Waals surface area contributed by atoms with Gasteiger partial charge in [-0.3, -0.25) is 10.1 Å². The summed E-state index contributed by atoms with van der Waals surface area (Å²) >= 11 is 0. The third-order valence-corrected chi connectivity index (χ3v) is 3.79. The van der Waals surface area contributed by atoms with Crippen LogP contribution in [0.25, 0.3) is 0 Å². The molecule has 0 fully saturated rings. The van der Waals surface area contributed by atoms with Crippen LogP contribution in [0, 0.1) is 22.5 Å². The van der Waals surface area contributed by atoms with E-state index in [1.54, 1.807) is 6.92 Å². The fraction of sp³-hybridized carbons (Fsp3) is 0.333. The van der Waals surface area contributed by atoms with Gasteiger partial charge in [-0.15, -0.1) is 6.42 Å². The lowest BCUT2D eigenvalue weighted by atomic mass is 10.2. The van der Waals surface area contributed by atoms with Gasteiger partial charge in [-0.1, -0.05) is 25.0 Å².